The van der Waals surface area contributed by atoms with Crippen molar-refractivity contribution in [3.05, 3.63) is 0 Å². The molecule has 3 saturated heterocycles. The number of carbonyl (C=O) groups excluding carboxylic acids is 1. The Labute approximate surface area is 158 Å². The van der Waals surface area contributed by atoms with Gasteiger partial charge in [-0.05, 0) is 45.1 Å². The molecule has 6 heteroatoms. The van der Waals surface area contributed by atoms with Crippen LogP contribution < -0.4 is 10.6 Å². The van der Waals surface area contributed by atoms with Crippen LogP contribution >= 0.6 is 0 Å². The fourth-order valence-electron chi connectivity index (χ4n) is 4.86. The molecule has 0 saturated carbocycles. The Balaban J connectivity index is 1.64. The van der Waals surface area contributed by atoms with Gasteiger partial charge in [-0.15, -0.1) is 0 Å². The smallest absolute Gasteiger partial charge is 0.220 e. The van der Waals surface area contributed by atoms with E-state index in [-0.39, 0.29) is 11.3 Å². The zero-order valence-corrected chi connectivity index (χ0v) is 16.9. The van der Waals surface area contributed by atoms with E-state index in [9.17, 15) is 4.79 Å². The van der Waals surface area contributed by atoms with Crippen molar-refractivity contribution in [1.82, 2.24) is 20.4 Å². The van der Waals surface area contributed by atoms with Gasteiger partial charge >= 0.3 is 0 Å². The molecule has 148 valence electrons. The number of carbonyl (C=O) groups is 1. The lowest BCUT2D eigenvalue weighted by Gasteiger charge is -2.41. The molecule has 2 N–H and O–H groups in total. The van der Waals surface area contributed by atoms with E-state index in [0.29, 0.717) is 18.4 Å². The second-order valence-electron chi connectivity index (χ2n) is 8.86. The summed E-state index contributed by atoms with van der Waals surface area (Å²) in [5, 5.41) is 6.54. The minimum absolute atomic E-state index is 0.114. The Kier molecular flexibility index (Phi) is 6.43. The van der Waals surface area contributed by atoms with Crippen molar-refractivity contribution in [3.63, 3.8) is 0 Å². The number of nitrogens with one attached hydrogen (secondary N) is 2. The van der Waals surface area contributed by atoms with Crippen molar-refractivity contribution < 1.29 is 4.79 Å². The summed E-state index contributed by atoms with van der Waals surface area (Å²) in [5.41, 5.74) is 0.114. The zero-order chi connectivity index (χ0) is 18.6. The van der Waals surface area contributed by atoms with E-state index in [4.69, 9.17) is 4.99 Å². The van der Waals surface area contributed by atoms with Crippen molar-refractivity contribution in [2.75, 3.05) is 45.8 Å². The molecule has 0 aromatic carbocycles. The molecule has 0 radical (unpaired) electrons. The van der Waals surface area contributed by atoms with Crippen LogP contribution in [0.5, 0.6) is 0 Å². The molecule has 0 aliphatic carbocycles. The molecule has 3 aliphatic heterocycles. The molecule has 3 aliphatic rings. The molecule has 0 aromatic heterocycles. The van der Waals surface area contributed by atoms with Crippen molar-refractivity contribution in [2.45, 2.75) is 58.9 Å². The number of hydrogen-bond acceptors (Lipinski definition) is 3. The lowest BCUT2D eigenvalue weighted by molar-refractivity contribution is -0.119. The van der Waals surface area contributed by atoms with Crippen LogP contribution in [0.1, 0.15) is 52.9 Å². The summed E-state index contributed by atoms with van der Waals surface area (Å²) in [6.45, 7) is 13.7. The van der Waals surface area contributed by atoms with Crippen LogP contribution in [0.4, 0.5) is 0 Å². The van der Waals surface area contributed by atoms with E-state index < -0.39 is 0 Å². The molecule has 26 heavy (non-hydrogen) atoms. The van der Waals surface area contributed by atoms with E-state index in [1.807, 2.05) is 0 Å². The monoisotopic (exact) mass is 363 g/mol. The molecule has 3 rings (SSSR count). The number of hydrogen-bond donors (Lipinski definition) is 2. The van der Waals surface area contributed by atoms with Crippen molar-refractivity contribution in [1.29, 1.82) is 0 Å². The highest BCUT2D eigenvalue weighted by molar-refractivity contribution is 5.81. The number of aliphatic imine (C=N–C) groups is 1. The Morgan fingerprint density at radius 1 is 1.38 bits per heavy atom. The fraction of sp³-hybridized carbons (Fsp3) is 0.900. The molecule has 1 amide bonds. The van der Waals surface area contributed by atoms with Gasteiger partial charge in [0.2, 0.25) is 5.91 Å². The number of guanidine groups is 1. The first-order valence-corrected chi connectivity index (χ1v) is 10.6. The number of likely N-dealkylation sites (tertiary alicyclic amines) is 2. The SMILES string of the molecule is CCNC(=NC[C@H]1CCCN1CC(C)C)N1CCCC2(CNC(=O)C2)C1. The van der Waals surface area contributed by atoms with Crippen molar-refractivity contribution >= 4 is 11.9 Å². The lowest BCUT2D eigenvalue weighted by atomic mass is 9.79. The summed E-state index contributed by atoms with van der Waals surface area (Å²) < 4.78 is 0. The third-order valence-electron chi connectivity index (χ3n) is 6.04. The average Bonchev–Trinajstić information content (AvgIpc) is 3.18. The maximum absolute atomic E-state index is 11.8. The van der Waals surface area contributed by atoms with Crippen LogP contribution in [-0.2, 0) is 4.79 Å². The molecule has 1 unspecified atom stereocenters. The maximum atomic E-state index is 11.8. The molecular weight excluding hydrogens is 326 g/mol. The molecule has 6 nitrogen and oxygen atoms in total. The van der Waals surface area contributed by atoms with Crippen LogP contribution in [0.15, 0.2) is 4.99 Å². The summed E-state index contributed by atoms with van der Waals surface area (Å²) >= 11 is 0. The normalized spacial score (nSPS) is 30.5. The summed E-state index contributed by atoms with van der Waals surface area (Å²) in [4.78, 5) is 21.8. The van der Waals surface area contributed by atoms with Crippen LogP contribution in [-0.4, -0.2) is 73.5 Å². The van der Waals surface area contributed by atoms with E-state index in [0.717, 1.165) is 51.5 Å². The van der Waals surface area contributed by atoms with Gasteiger partial charge < -0.3 is 15.5 Å². The second kappa shape index (κ2) is 8.59. The van der Waals surface area contributed by atoms with Gasteiger partial charge in [0.25, 0.3) is 0 Å². The summed E-state index contributed by atoms with van der Waals surface area (Å²) in [6, 6.07) is 0.583. The van der Waals surface area contributed by atoms with Gasteiger partial charge in [0.15, 0.2) is 5.96 Å². The van der Waals surface area contributed by atoms with Crippen molar-refractivity contribution in [3.8, 4) is 0 Å². The molecule has 3 heterocycles. The van der Waals surface area contributed by atoms with Gasteiger partial charge in [-0.25, -0.2) is 0 Å². The Hall–Kier alpha value is -1.30. The molecule has 2 atom stereocenters. The van der Waals surface area contributed by atoms with Gasteiger partial charge in [-0.3, -0.25) is 14.7 Å². The first kappa shape index (κ1) is 19.5. The average molecular weight is 364 g/mol. The molecule has 0 bridgehead atoms. The summed E-state index contributed by atoms with van der Waals surface area (Å²) in [5.74, 6) is 1.97. The van der Waals surface area contributed by atoms with Gasteiger partial charge in [0.1, 0.15) is 0 Å². The van der Waals surface area contributed by atoms with Gasteiger partial charge in [-0.2, -0.15) is 0 Å². The minimum atomic E-state index is 0.114. The number of piperidine rings is 1. The second-order valence-corrected chi connectivity index (χ2v) is 8.86. The number of rotatable bonds is 5. The third kappa shape index (κ3) is 4.70. The Bertz CT molecular complexity index is 520. The summed E-state index contributed by atoms with van der Waals surface area (Å²) in [7, 11) is 0. The molecular formula is C20H37N5O. The number of amides is 1. The molecule has 1 spiro atoms. The largest absolute Gasteiger partial charge is 0.357 e. The Morgan fingerprint density at radius 3 is 2.92 bits per heavy atom. The highest BCUT2D eigenvalue weighted by Gasteiger charge is 2.42. The maximum Gasteiger partial charge on any atom is 0.220 e. The third-order valence-corrected chi connectivity index (χ3v) is 6.04. The first-order chi connectivity index (χ1) is 12.5. The van der Waals surface area contributed by atoms with Crippen LogP contribution in [0, 0.1) is 11.3 Å². The Morgan fingerprint density at radius 2 is 2.23 bits per heavy atom. The van der Waals surface area contributed by atoms with Gasteiger partial charge in [-0.1, -0.05) is 13.8 Å². The summed E-state index contributed by atoms with van der Waals surface area (Å²) in [6.07, 6.45) is 5.52. The minimum Gasteiger partial charge on any atom is -0.357 e. The van der Waals surface area contributed by atoms with Crippen LogP contribution in [0.3, 0.4) is 0 Å². The fourth-order valence-corrected chi connectivity index (χ4v) is 4.86. The zero-order valence-electron chi connectivity index (χ0n) is 16.9. The quantitative estimate of drug-likeness (QED) is 0.576. The molecule has 0 aromatic rings. The first-order valence-electron chi connectivity index (χ1n) is 10.6. The van der Waals surface area contributed by atoms with Crippen LogP contribution in [0.2, 0.25) is 0 Å². The van der Waals surface area contributed by atoms with Gasteiger partial charge in [0, 0.05) is 50.6 Å². The van der Waals surface area contributed by atoms with Gasteiger partial charge in [0.05, 0.1) is 6.54 Å². The molecule has 3 fully saturated rings. The van der Waals surface area contributed by atoms with E-state index in [1.54, 1.807) is 0 Å². The predicted octanol–water partition coefficient (Wildman–Crippen LogP) is 1.67. The van der Waals surface area contributed by atoms with E-state index in [1.165, 1.54) is 25.9 Å². The lowest BCUT2D eigenvalue weighted by Crippen LogP contribution is -2.51. The van der Waals surface area contributed by atoms with E-state index >= 15 is 0 Å². The number of nitrogens with zero attached hydrogens (tertiary/aromatic N) is 3. The van der Waals surface area contributed by atoms with Crippen LogP contribution in [0.25, 0.3) is 0 Å². The topological polar surface area (TPSA) is 60.0 Å². The highest BCUT2D eigenvalue weighted by Crippen LogP contribution is 2.36. The highest BCUT2D eigenvalue weighted by atomic mass is 16.1. The van der Waals surface area contributed by atoms with Crippen molar-refractivity contribution in [2.24, 2.45) is 16.3 Å². The standard InChI is InChI=1S/C20H37N5O/c1-4-21-19(22-12-17-7-5-9-24(17)13-16(2)3)25-10-6-8-20(15-25)11-18(26)23-14-20/h16-17H,4-15H2,1-3H3,(H,21,22)(H,23,26)/t17-,20?/m1/s1. The predicted molar refractivity (Wildman–Crippen MR) is 106 cm³/mol. The van der Waals surface area contributed by atoms with E-state index in [2.05, 4.69) is 41.2 Å².